The summed E-state index contributed by atoms with van der Waals surface area (Å²) in [4.78, 5) is 19.0. The number of hydrogen-bond acceptors (Lipinski definition) is 6. The number of Topliss-reactive ketones (excluding diaryl/α,β-unsaturated/α-hetero) is 1. The van der Waals surface area contributed by atoms with Crippen LogP contribution in [0.25, 0.3) is 6.08 Å². The Labute approximate surface area is 198 Å². The number of ketones is 1. The molecule has 0 fully saturated rings. The van der Waals surface area contributed by atoms with Gasteiger partial charge in [-0.3, -0.25) is 9.69 Å². The lowest BCUT2D eigenvalue weighted by Crippen LogP contribution is -2.33. The Bertz CT molecular complexity index is 1160. The molecular formula is C27H28N2O3S. The summed E-state index contributed by atoms with van der Waals surface area (Å²) in [5, 5.41) is 2.11. The van der Waals surface area contributed by atoms with Gasteiger partial charge in [0.05, 0.1) is 11.1 Å². The molecule has 6 heteroatoms. The van der Waals surface area contributed by atoms with Crippen LogP contribution in [0, 0.1) is 0 Å². The number of hydrogen-bond donors (Lipinski definition) is 0. The van der Waals surface area contributed by atoms with E-state index in [0.717, 1.165) is 42.9 Å². The molecule has 0 radical (unpaired) electrons. The first-order chi connectivity index (χ1) is 16.2. The lowest BCUT2D eigenvalue weighted by molar-refractivity contribution is 0.0951. The summed E-state index contributed by atoms with van der Waals surface area (Å²) in [5.74, 6) is 1.74. The van der Waals surface area contributed by atoms with Crippen molar-refractivity contribution in [1.29, 1.82) is 0 Å². The largest absolute Gasteiger partial charge is 0.478 e. The SMILES string of the molecule is CCN(CC)c1ccc(/C=C2\Oc3c(ccc4c3CN(CCc3cccs3)CO4)C2=O)cc1. The lowest BCUT2D eigenvalue weighted by atomic mass is 10.0. The molecule has 33 heavy (non-hydrogen) atoms. The van der Waals surface area contributed by atoms with Crippen LogP contribution in [0.1, 0.15) is 40.2 Å². The van der Waals surface area contributed by atoms with Crippen molar-refractivity contribution in [3.8, 4) is 11.5 Å². The molecule has 2 aliphatic rings. The quantitative estimate of drug-likeness (QED) is 0.429. The van der Waals surface area contributed by atoms with E-state index in [4.69, 9.17) is 9.47 Å². The molecule has 0 unspecified atom stereocenters. The normalized spacial score (nSPS) is 16.3. The highest BCUT2D eigenvalue weighted by molar-refractivity contribution is 7.09. The predicted octanol–water partition coefficient (Wildman–Crippen LogP) is 5.61. The Kier molecular flexibility index (Phi) is 6.20. The second-order valence-corrected chi connectivity index (χ2v) is 9.31. The van der Waals surface area contributed by atoms with E-state index in [9.17, 15) is 4.79 Å². The fourth-order valence-electron chi connectivity index (χ4n) is 4.39. The van der Waals surface area contributed by atoms with Crippen molar-refractivity contribution in [2.75, 3.05) is 31.3 Å². The van der Waals surface area contributed by atoms with Gasteiger partial charge in [0.25, 0.3) is 0 Å². The van der Waals surface area contributed by atoms with Gasteiger partial charge in [-0.05, 0) is 67.6 Å². The first-order valence-corrected chi connectivity index (χ1v) is 12.4. The van der Waals surface area contributed by atoms with E-state index >= 15 is 0 Å². The first-order valence-electron chi connectivity index (χ1n) is 11.5. The molecule has 0 amide bonds. The van der Waals surface area contributed by atoms with Crippen molar-refractivity contribution < 1.29 is 14.3 Å². The topological polar surface area (TPSA) is 42.0 Å². The Hall–Kier alpha value is -3.09. The third kappa shape index (κ3) is 4.41. The van der Waals surface area contributed by atoms with Gasteiger partial charge in [-0.25, -0.2) is 0 Å². The fraction of sp³-hybridized carbons (Fsp3) is 0.296. The van der Waals surface area contributed by atoms with Crippen LogP contribution < -0.4 is 14.4 Å². The van der Waals surface area contributed by atoms with E-state index in [1.165, 1.54) is 10.6 Å². The van der Waals surface area contributed by atoms with Crippen molar-refractivity contribution in [3.63, 3.8) is 0 Å². The summed E-state index contributed by atoms with van der Waals surface area (Å²) < 4.78 is 12.1. The summed E-state index contributed by atoms with van der Waals surface area (Å²) in [7, 11) is 0. The molecule has 0 N–H and O–H groups in total. The maximum absolute atomic E-state index is 13.1. The number of thiophene rings is 1. The average molecular weight is 461 g/mol. The number of carbonyl (C=O) groups excluding carboxylic acids is 1. The highest BCUT2D eigenvalue weighted by Crippen LogP contribution is 2.42. The number of carbonyl (C=O) groups is 1. The summed E-state index contributed by atoms with van der Waals surface area (Å²) in [6.45, 7) is 8.39. The molecule has 0 atom stereocenters. The number of nitrogens with zero attached hydrogens (tertiary/aromatic N) is 2. The fourth-order valence-corrected chi connectivity index (χ4v) is 5.09. The molecule has 3 aromatic rings. The first kappa shape index (κ1) is 21.7. The van der Waals surface area contributed by atoms with Crippen molar-refractivity contribution in [3.05, 3.63) is 81.2 Å². The Balaban J connectivity index is 1.34. The molecule has 0 saturated heterocycles. The average Bonchev–Trinajstić information content (AvgIpc) is 3.48. The molecule has 170 valence electrons. The monoisotopic (exact) mass is 460 g/mol. The van der Waals surface area contributed by atoms with Crippen molar-refractivity contribution in [2.24, 2.45) is 0 Å². The van der Waals surface area contributed by atoms with Gasteiger partial charge in [0.2, 0.25) is 5.78 Å². The van der Waals surface area contributed by atoms with E-state index in [2.05, 4.69) is 53.3 Å². The van der Waals surface area contributed by atoms with Crippen LogP contribution in [-0.4, -0.2) is 37.0 Å². The third-order valence-electron chi connectivity index (χ3n) is 6.26. The zero-order valence-corrected chi connectivity index (χ0v) is 19.9. The number of rotatable bonds is 7. The van der Waals surface area contributed by atoms with Gasteiger partial charge in [-0.15, -0.1) is 11.3 Å². The van der Waals surface area contributed by atoms with E-state index < -0.39 is 0 Å². The Morgan fingerprint density at radius 2 is 1.91 bits per heavy atom. The van der Waals surface area contributed by atoms with Crippen LogP contribution >= 0.6 is 11.3 Å². The van der Waals surface area contributed by atoms with E-state index in [1.807, 2.05) is 30.3 Å². The van der Waals surface area contributed by atoms with Crippen LogP contribution in [0.3, 0.4) is 0 Å². The van der Waals surface area contributed by atoms with Crippen LogP contribution in [0.5, 0.6) is 11.5 Å². The molecule has 2 aromatic carbocycles. The second kappa shape index (κ2) is 9.41. The Morgan fingerprint density at radius 1 is 1.09 bits per heavy atom. The predicted molar refractivity (Wildman–Crippen MR) is 133 cm³/mol. The maximum Gasteiger partial charge on any atom is 0.231 e. The summed E-state index contributed by atoms with van der Waals surface area (Å²) >= 11 is 1.78. The van der Waals surface area contributed by atoms with Gasteiger partial charge in [0.15, 0.2) is 5.76 Å². The van der Waals surface area contributed by atoms with Gasteiger partial charge >= 0.3 is 0 Å². The molecule has 5 nitrogen and oxygen atoms in total. The molecule has 0 saturated carbocycles. The molecule has 0 bridgehead atoms. The number of allylic oxidation sites excluding steroid dienone is 1. The molecule has 3 heterocycles. The highest BCUT2D eigenvalue weighted by Gasteiger charge is 2.33. The zero-order valence-electron chi connectivity index (χ0n) is 19.0. The number of ether oxygens (including phenoxy) is 2. The number of anilines is 1. The minimum absolute atomic E-state index is 0.0728. The standard InChI is InChI=1S/C27H28N2O3S/c1-3-29(4-2)20-9-7-19(8-10-20)16-25-26(30)22-11-12-24-23(27(22)32-25)17-28(18-31-24)14-13-21-6-5-15-33-21/h5-12,15-16H,3-4,13-14,17-18H2,1-2H3/b25-16-. The number of benzene rings is 2. The minimum atomic E-state index is -0.0728. The third-order valence-corrected chi connectivity index (χ3v) is 7.19. The molecular weight excluding hydrogens is 432 g/mol. The lowest BCUT2D eigenvalue weighted by Gasteiger charge is -2.29. The zero-order chi connectivity index (χ0) is 22.8. The van der Waals surface area contributed by atoms with Crippen molar-refractivity contribution >= 4 is 28.9 Å². The van der Waals surface area contributed by atoms with Crippen LogP contribution in [-0.2, 0) is 13.0 Å². The van der Waals surface area contributed by atoms with Gasteiger partial charge < -0.3 is 14.4 Å². The van der Waals surface area contributed by atoms with Gasteiger partial charge in [-0.2, -0.15) is 0 Å². The van der Waals surface area contributed by atoms with Gasteiger partial charge in [-0.1, -0.05) is 18.2 Å². The summed E-state index contributed by atoms with van der Waals surface area (Å²) in [5.41, 5.74) is 3.70. The van der Waals surface area contributed by atoms with E-state index in [0.29, 0.717) is 30.3 Å². The molecule has 2 aliphatic heterocycles. The molecule has 5 rings (SSSR count). The van der Waals surface area contributed by atoms with Crippen LogP contribution in [0.2, 0.25) is 0 Å². The minimum Gasteiger partial charge on any atom is -0.478 e. The second-order valence-electron chi connectivity index (χ2n) is 8.28. The summed E-state index contributed by atoms with van der Waals surface area (Å²) in [6, 6.07) is 16.2. The molecule has 0 spiro atoms. The van der Waals surface area contributed by atoms with Gasteiger partial charge in [0, 0.05) is 36.7 Å². The summed E-state index contributed by atoms with van der Waals surface area (Å²) in [6.07, 6.45) is 2.82. The maximum atomic E-state index is 13.1. The van der Waals surface area contributed by atoms with E-state index in [-0.39, 0.29) is 5.78 Å². The highest BCUT2D eigenvalue weighted by atomic mass is 32.1. The van der Waals surface area contributed by atoms with Gasteiger partial charge in [0.1, 0.15) is 18.2 Å². The van der Waals surface area contributed by atoms with Crippen molar-refractivity contribution in [1.82, 2.24) is 4.90 Å². The number of fused-ring (bicyclic) bond motifs is 3. The molecule has 0 aliphatic carbocycles. The molecule has 1 aromatic heterocycles. The van der Waals surface area contributed by atoms with Crippen molar-refractivity contribution in [2.45, 2.75) is 26.8 Å². The van der Waals surface area contributed by atoms with Crippen LogP contribution in [0.15, 0.2) is 59.7 Å². The van der Waals surface area contributed by atoms with Crippen LogP contribution in [0.4, 0.5) is 5.69 Å². The van der Waals surface area contributed by atoms with E-state index in [1.54, 1.807) is 11.3 Å². The Morgan fingerprint density at radius 3 is 2.64 bits per heavy atom. The smallest absolute Gasteiger partial charge is 0.231 e.